The van der Waals surface area contributed by atoms with Gasteiger partial charge in [-0.2, -0.15) is 0 Å². The Balaban J connectivity index is 1.51. The molecule has 6 nitrogen and oxygen atoms in total. The minimum Gasteiger partial charge on any atom is -0.368 e. The van der Waals surface area contributed by atoms with Crippen LogP contribution in [0, 0.1) is 11.2 Å². The third kappa shape index (κ3) is 6.01. The third-order valence-corrected chi connectivity index (χ3v) is 5.24. The van der Waals surface area contributed by atoms with Crippen LogP contribution in [0.5, 0.6) is 0 Å². The lowest BCUT2D eigenvalue weighted by molar-refractivity contribution is -0.139. The van der Waals surface area contributed by atoms with E-state index in [1.807, 2.05) is 49.9 Å². The minimum absolute atomic E-state index is 0.163. The van der Waals surface area contributed by atoms with Crippen LogP contribution in [0.3, 0.4) is 0 Å². The first kappa shape index (κ1) is 22.7. The number of anilines is 2. The SMILES string of the molecule is CC(C)(C)C(=O)N1CCN(c2ccc(NC(=S)NC(=O)c3ccc(F)cc3)cc2)CC1. The normalized spacial score (nSPS) is 14.2. The van der Waals surface area contributed by atoms with Gasteiger partial charge in [0.2, 0.25) is 5.91 Å². The molecule has 2 N–H and O–H groups in total. The average Bonchev–Trinajstić information content (AvgIpc) is 2.73. The molecule has 31 heavy (non-hydrogen) atoms. The van der Waals surface area contributed by atoms with Crippen LogP contribution in [0.2, 0.25) is 0 Å². The molecule has 0 atom stereocenters. The third-order valence-electron chi connectivity index (χ3n) is 5.03. The number of hydrogen-bond acceptors (Lipinski definition) is 4. The van der Waals surface area contributed by atoms with E-state index in [2.05, 4.69) is 15.5 Å². The van der Waals surface area contributed by atoms with E-state index < -0.39 is 11.7 Å². The average molecular weight is 443 g/mol. The van der Waals surface area contributed by atoms with Crippen molar-refractivity contribution in [3.63, 3.8) is 0 Å². The van der Waals surface area contributed by atoms with Crippen molar-refractivity contribution in [3.8, 4) is 0 Å². The Bertz CT molecular complexity index is 947. The summed E-state index contributed by atoms with van der Waals surface area (Å²) in [6.07, 6.45) is 0. The number of carbonyl (C=O) groups is 2. The summed E-state index contributed by atoms with van der Waals surface area (Å²) in [5, 5.41) is 5.72. The summed E-state index contributed by atoms with van der Waals surface area (Å²) in [5.74, 6) is -0.626. The van der Waals surface area contributed by atoms with Gasteiger partial charge in [-0.3, -0.25) is 14.9 Å². The van der Waals surface area contributed by atoms with E-state index >= 15 is 0 Å². The Hall–Kier alpha value is -3.00. The van der Waals surface area contributed by atoms with Gasteiger partial charge in [-0.25, -0.2) is 4.39 Å². The van der Waals surface area contributed by atoms with Crippen LogP contribution in [0.1, 0.15) is 31.1 Å². The van der Waals surface area contributed by atoms with Crippen LogP contribution < -0.4 is 15.5 Å². The number of rotatable bonds is 3. The first-order chi connectivity index (χ1) is 14.6. The van der Waals surface area contributed by atoms with Gasteiger partial charge in [-0.1, -0.05) is 20.8 Å². The summed E-state index contributed by atoms with van der Waals surface area (Å²) >= 11 is 5.20. The highest BCUT2D eigenvalue weighted by atomic mass is 32.1. The molecule has 1 fully saturated rings. The number of thiocarbonyl (C=S) groups is 1. The smallest absolute Gasteiger partial charge is 0.257 e. The predicted octanol–water partition coefficient (Wildman–Crippen LogP) is 3.65. The summed E-state index contributed by atoms with van der Waals surface area (Å²) in [7, 11) is 0. The maximum absolute atomic E-state index is 13.0. The summed E-state index contributed by atoms with van der Waals surface area (Å²) in [5.41, 5.74) is 1.77. The van der Waals surface area contributed by atoms with E-state index in [0.29, 0.717) is 18.7 Å². The first-order valence-electron chi connectivity index (χ1n) is 10.2. The molecular weight excluding hydrogens is 415 g/mol. The molecule has 1 heterocycles. The first-order valence-corrected chi connectivity index (χ1v) is 10.6. The van der Waals surface area contributed by atoms with Gasteiger partial charge in [0, 0.05) is 48.5 Å². The van der Waals surface area contributed by atoms with Crippen LogP contribution in [0.15, 0.2) is 48.5 Å². The monoisotopic (exact) mass is 442 g/mol. The highest BCUT2D eigenvalue weighted by Gasteiger charge is 2.29. The molecule has 0 radical (unpaired) electrons. The molecule has 3 rings (SSSR count). The lowest BCUT2D eigenvalue weighted by Crippen LogP contribution is -2.51. The number of carbonyl (C=O) groups excluding carboxylic acids is 2. The largest absolute Gasteiger partial charge is 0.368 e. The van der Waals surface area contributed by atoms with E-state index in [1.54, 1.807) is 0 Å². The number of hydrogen-bond donors (Lipinski definition) is 2. The van der Waals surface area contributed by atoms with Crippen molar-refractivity contribution in [2.75, 3.05) is 36.4 Å². The molecule has 0 aliphatic carbocycles. The van der Waals surface area contributed by atoms with Crippen LogP contribution in [-0.2, 0) is 4.79 Å². The zero-order chi connectivity index (χ0) is 22.6. The maximum atomic E-state index is 13.0. The summed E-state index contributed by atoms with van der Waals surface area (Å²) in [4.78, 5) is 28.8. The molecule has 0 saturated carbocycles. The van der Waals surface area contributed by atoms with Crippen molar-refractivity contribution >= 4 is 40.5 Å². The van der Waals surface area contributed by atoms with Crippen molar-refractivity contribution in [3.05, 3.63) is 59.9 Å². The predicted molar refractivity (Wildman–Crippen MR) is 125 cm³/mol. The van der Waals surface area contributed by atoms with Gasteiger partial charge in [0.1, 0.15) is 5.82 Å². The van der Waals surface area contributed by atoms with Gasteiger partial charge in [0.15, 0.2) is 5.11 Å². The summed E-state index contributed by atoms with van der Waals surface area (Å²) in [6.45, 7) is 8.80. The fourth-order valence-corrected chi connectivity index (χ4v) is 3.55. The summed E-state index contributed by atoms with van der Waals surface area (Å²) < 4.78 is 13.0. The van der Waals surface area contributed by atoms with Gasteiger partial charge in [0.25, 0.3) is 5.91 Å². The van der Waals surface area contributed by atoms with Crippen LogP contribution in [0.4, 0.5) is 15.8 Å². The molecule has 1 aliphatic rings. The van der Waals surface area contributed by atoms with Crippen molar-refractivity contribution < 1.29 is 14.0 Å². The quantitative estimate of drug-likeness (QED) is 0.711. The standard InChI is InChI=1S/C23H27FN4O2S/c1-23(2,3)21(30)28-14-12-27(13-15-28)19-10-8-18(9-11-19)25-22(31)26-20(29)16-4-6-17(24)7-5-16/h4-11H,12-15H2,1-3H3,(H2,25,26,29,31). The fourth-order valence-electron chi connectivity index (χ4n) is 3.34. The number of benzene rings is 2. The number of halogens is 1. The molecule has 2 aromatic carbocycles. The van der Waals surface area contributed by atoms with Gasteiger partial charge in [0.05, 0.1) is 0 Å². The van der Waals surface area contributed by atoms with Gasteiger partial charge in [-0.15, -0.1) is 0 Å². The van der Waals surface area contributed by atoms with Gasteiger partial charge in [-0.05, 0) is 60.7 Å². The second-order valence-electron chi connectivity index (χ2n) is 8.49. The van der Waals surface area contributed by atoms with Crippen LogP contribution >= 0.6 is 12.2 Å². The molecule has 2 amide bonds. The second-order valence-corrected chi connectivity index (χ2v) is 8.90. The van der Waals surface area contributed by atoms with Crippen molar-refractivity contribution in [1.82, 2.24) is 10.2 Å². The summed E-state index contributed by atoms with van der Waals surface area (Å²) in [6, 6.07) is 13.0. The Morgan fingerprint density at radius 2 is 1.52 bits per heavy atom. The molecule has 0 bridgehead atoms. The fraction of sp³-hybridized carbons (Fsp3) is 0.348. The van der Waals surface area contributed by atoms with E-state index in [9.17, 15) is 14.0 Å². The minimum atomic E-state index is -0.406. The lowest BCUT2D eigenvalue weighted by Gasteiger charge is -2.38. The number of piperazine rings is 1. The van der Waals surface area contributed by atoms with Crippen molar-refractivity contribution in [2.45, 2.75) is 20.8 Å². The number of nitrogens with zero attached hydrogens (tertiary/aromatic N) is 2. The van der Waals surface area contributed by atoms with E-state index in [4.69, 9.17) is 12.2 Å². The van der Waals surface area contributed by atoms with Gasteiger partial charge < -0.3 is 15.1 Å². The van der Waals surface area contributed by atoms with Crippen molar-refractivity contribution in [2.24, 2.45) is 5.41 Å². The molecular formula is C23H27FN4O2S. The van der Waals surface area contributed by atoms with Gasteiger partial charge >= 0.3 is 0 Å². The van der Waals surface area contributed by atoms with E-state index in [1.165, 1.54) is 24.3 Å². The molecule has 0 aromatic heterocycles. The highest BCUT2D eigenvalue weighted by Crippen LogP contribution is 2.22. The molecule has 8 heteroatoms. The molecule has 2 aromatic rings. The molecule has 164 valence electrons. The van der Waals surface area contributed by atoms with Crippen LogP contribution in [-0.4, -0.2) is 48.0 Å². The molecule has 1 saturated heterocycles. The zero-order valence-electron chi connectivity index (χ0n) is 17.9. The molecule has 0 unspecified atom stereocenters. The van der Waals surface area contributed by atoms with E-state index in [-0.39, 0.29) is 16.4 Å². The Morgan fingerprint density at radius 3 is 2.06 bits per heavy atom. The molecule has 0 spiro atoms. The molecule has 1 aliphatic heterocycles. The van der Waals surface area contributed by atoms with Crippen molar-refractivity contribution in [1.29, 1.82) is 0 Å². The number of amides is 2. The maximum Gasteiger partial charge on any atom is 0.257 e. The Kier molecular flexibility index (Phi) is 6.90. The Morgan fingerprint density at radius 1 is 0.935 bits per heavy atom. The Labute approximate surface area is 187 Å². The van der Waals surface area contributed by atoms with Crippen LogP contribution in [0.25, 0.3) is 0 Å². The zero-order valence-corrected chi connectivity index (χ0v) is 18.8. The van der Waals surface area contributed by atoms with E-state index in [0.717, 1.165) is 24.5 Å². The number of nitrogens with one attached hydrogen (secondary N) is 2. The lowest BCUT2D eigenvalue weighted by atomic mass is 9.94. The topological polar surface area (TPSA) is 64.7 Å². The highest BCUT2D eigenvalue weighted by molar-refractivity contribution is 7.80. The second kappa shape index (κ2) is 9.43.